The zero-order valence-electron chi connectivity index (χ0n) is 15.3. The zero-order valence-corrected chi connectivity index (χ0v) is 15.3. The average molecular weight is 335 g/mol. The van der Waals surface area contributed by atoms with Gasteiger partial charge in [0.05, 0.1) is 6.54 Å². The van der Waals surface area contributed by atoms with Crippen molar-refractivity contribution >= 4 is 22.4 Å². The number of ketones is 1. The molecule has 0 amide bonds. The minimum atomic E-state index is 0.155. The van der Waals surface area contributed by atoms with E-state index >= 15 is 0 Å². The van der Waals surface area contributed by atoms with Gasteiger partial charge in [-0.25, -0.2) is 0 Å². The van der Waals surface area contributed by atoms with Crippen molar-refractivity contribution in [2.24, 2.45) is 0 Å². The molecule has 0 aliphatic rings. The molecule has 0 atom stereocenters. The number of hydrogen-bond acceptors (Lipinski definition) is 3. The second-order valence-corrected chi connectivity index (χ2v) is 6.83. The van der Waals surface area contributed by atoms with Crippen LogP contribution in [0.25, 0.3) is 10.9 Å². The number of fused-ring (bicyclic) bond motifs is 1. The third kappa shape index (κ3) is 3.74. The van der Waals surface area contributed by atoms with E-state index in [4.69, 9.17) is 0 Å². The Morgan fingerprint density at radius 2 is 1.68 bits per heavy atom. The maximum absolute atomic E-state index is 12.8. The van der Waals surface area contributed by atoms with E-state index in [-0.39, 0.29) is 5.78 Å². The molecule has 3 rings (SSSR count). The summed E-state index contributed by atoms with van der Waals surface area (Å²) >= 11 is 0. The van der Waals surface area contributed by atoms with E-state index in [0.29, 0.717) is 6.54 Å². The SMILES string of the molecule is Cc1[nH]c2ccccc2c1C(=O)CN(C)Cc1ccc(N(C)C)cc1. The Morgan fingerprint density at radius 3 is 2.36 bits per heavy atom. The highest BCUT2D eigenvalue weighted by Crippen LogP contribution is 2.22. The molecule has 0 aliphatic heterocycles. The van der Waals surface area contributed by atoms with Crippen LogP contribution in [0, 0.1) is 6.92 Å². The standard InChI is InChI=1S/C21H25N3O/c1-15-21(18-7-5-6-8-19(18)22-15)20(25)14-24(4)13-16-9-11-17(12-10-16)23(2)3/h5-12,22H,13-14H2,1-4H3. The monoisotopic (exact) mass is 335 g/mol. The van der Waals surface area contributed by atoms with Gasteiger partial charge in [0.25, 0.3) is 0 Å². The molecule has 130 valence electrons. The highest BCUT2D eigenvalue weighted by atomic mass is 16.1. The molecule has 0 fully saturated rings. The number of carbonyl (C=O) groups is 1. The molecule has 0 bridgehead atoms. The van der Waals surface area contributed by atoms with Gasteiger partial charge in [0.1, 0.15) is 0 Å². The number of carbonyl (C=O) groups excluding carboxylic acids is 1. The molecule has 1 aromatic heterocycles. The number of anilines is 1. The topological polar surface area (TPSA) is 39.3 Å². The van der Waals surface area contributed by atoms with Crippen molar-refractivity contribution in [3.05, 3.63) is 65.4 Å². The molecule has 4 heteroatoms. The van der Waals surface area contributed by atoms with Crippen LogP contribution in [0.2, 0.25) is 0 Å². The van der Waals surface area contributed by atoms with Crippen LogP contribution in [-0.2, 0) is 6.54 Å². The number of likely N-dealkylation sites (N-methyl/N-ethyl adjacent to an activating group) is 1. The predicted octanol–water partition coefficient (Wildman–Crippen LogP) is 3.86. The highest BCUT2D eigenvalue weighted by Gasteiger charge is 2.17. The number of rotatable bonds is 6. The lowest BCUT2D eigenvalue weighted by atomic mass is 10.1. The quantitative estimate of drug-likeness (QED) is 0.695. The first-order chi connectivity index (χ1) is 12.0. The highest BCUT2D eigenvalue weighted by molar-refractivity contribution is 6.10. The van der Waals surface area contributed by atoms with Crippen LogP contribution >= 0.6 is 0 Å². The predicted molar refractivity (Wildman–Crippen MR) is 104 cm³/mol. The van der Waals surface area contributed by atoms with Gasteiger partial charge in [0.2, 0.25) is 0 Å². The summed E-state index contributed by atoms with van der Waals surface area (Å²) in [6.07, 6.45) is 0. The summed E-state index contributed by atoms with van der Waals surface area (Å²) in [4.78, 5) is 20.3. The van der Waals surface area contributed by atoms with Crippen molar-refractivity contribution in [2.75, 3.05) is 32.6 Å². The van der Waals surface area contributed by atoms with Crippen molar-refractivity contribution in [2.45, 2.75) is 13.5 Å². The van der Waals surface area contributed by atoms with E-state index < -0.39 is 0 Å². The number of benzene rings is 2. The van der Waals surface area contributed by atoms with Crippen LogP contribution in [0.4, 0.5) is 5.69 Å². The molecule has 0 radical (unpaired) electrons. The van der Waals surface area contributed by atoms with Gasteiger partial charge in [-0.2, -0.15) is 0 Å². The molecule has 1 heterocycles. The Morgan fingerprint density at radius 1 is 1.00 bits per heavy atom. The second kappa shape index (κ2) is 7.11. The summed E-state index contributed by atoms with van der Waals surface area (Å²) < 4.78 is 0. The van der Waals surface area contributed by atoms with Crippen LogP contribution in [0.1, 0.15) is 21.6 Å². The third-order valence-electron chi connectivity index (χ3n) is 4.49. The van der Waals surface area contributed by atoms with Crippen LogP contribution in [0.3, 0.4) is 0 Å². The molecule has 25 heavy (non-hydrogen) atoms. The van der Waals surface area contributed by atoms with Crippen molar-refractivity contribution in [1.29, 1.82) is 0 Å². The number of aryl methyl sites for hydroxylation is 1. The molecule has 0 aliphatic carbocycles. The molecule has 0 spiro atoms. The Hall–Kier alpha value is -2.59. The third-order valence-corrected chi connectivity index (χ3v) is 4.49. The summed E-state index contributed by atoms with van der Waals surface area (Å²) in [5.74, 6) is 0.155. The molecule has 3 aromatic rings. The molecule has 0 saturated carbocycles. The number of para-hydroxylation sites is 1. The lowest BCUT2D eigenvalue weighted by Crippen LogP contribution is -2.26. The fraction of sp³-hybridized carbons (Fsp3) is 0.286. The van der Waals surface area contributed by atoms with Crippen molar-refractivity contribution < 1.29 is 4.79 Å². The van der Waals surface area contributed by atoms with Gasteiger partial charge in [0, 0.05) is 48.5 Å². The minimum Gasteiger partial charge on any atom is -0.378 e. The van der Waals surface area contributed by atoms with Crippen molar-refractivity contribution in [1.82, 2.24) is 9.88 Å². The fourth-order valence-electron chi connectivity index (χ4n) is 3.23. The van der Waals surface area contributed by atoms with Crippen LogP contribution < -0.4 is 4.90 Å². The number of aromatic amines is 1. The molecular formula is C21H25N3O. The van der Waals surface area contributed by atoms with E-state index in [1.807, 2.05) is 52.3 Å². The number of H-pyrrole nitrogens is 1. The molecule has 0 saturated heterocycles. The largest absolute Gasteiger partial charge is 0.378 e. The van der Waals surface area contributed by atoms with Gasteiger partial charge in [-0.3, -0.25) is 9.69 Å². The molecular weight excluding hydrogens is 310 g/mol. The maximum atomic E-state index is 12.8. The fourth-order valence-corrected chi connectivity index (χ4v) is 3.23. The van der Waals surface area contributed by atoms with E-state index in [2.05, 4.69) is 39.0 Å². The first-order valence-corrected chi connectivity index (χ1v) is 8.51. The lowest BCUT2D eigenvalue weighted by molar-refractivity contribution is 0.0944. The van der Waals surface area contributed by atoms with Gasteiger partial charge in [-0.15, -0.1) is 0 Å². The van der Waals surface area contributed by atoms with Crippen LogP contribution in [0.15, 0.2) is 48.5 Å². The van der Waals surface area contributed by atoms with E-state index in [9.17, 15) is 4.79 Å². The number of hydrogen-bond donors (Lipinski definition) is 1. The van der Waals surface area contributed by atoms with Gasteiger partial charge in [-0.1, -0.05) is 30.3 Å². The maximum Gasteiger partial charge on any atom is 0.179 e. The smallest absolute Gasteiger partial charge is 0.179 e. The second-order valence-electron chi connectivity index (χ2n) is 6.83. The number of nitrogens with one attached hydrogen (secondary N) is 1. The summed E-state index contributed by atoms with van der Waals surface area (Å²) in [6.45, 7) is 3.12. The van der Waals surface area contributed by atoms with Gasteiger partial charge < -0.3 is 9.88 Å². The Bertz CT molecular complexity index is 878. The average Bonchev–Trinajstić information content (AvgIpc) is 2.90. The summed E-state index contributed by atoms with van der Waals surface area (Å²) in [5, 5.41) is 1.01. The molecule has 4 nitrogen and oxygen atoms in total. The summed E-state index contributed by atoms with van der Waals surface area (Å²) in [6, 6.07) is 16.4. The molecule has 0 unspecified atom stereocenters. The van der Waals surface area contributed by atoms with Gasteiger partial charge in [0.15, 0.2) is 5.78 Å². The Balaban J connectivity index is 1.70. The van der Waals surface area contributed by atoms with E-state index in [1.165, 1.54) is 11.3 Å². The summed E-state index contributed by atoms with van der Waals surface area (Å²) in [7, 11) is 6.05. The van der Waals surface area contributed by atoms with Gasteiger partial charge in [-0.05, 0) is 37.7 Å². The minimum absolute atomic E-state index is 0.155. The van der Waals surface area contributed by atoms with Crippen LogP contribution in [-0.4, -0.2) is 43.4 Å². The lowest BCUT2D eigenvalue weighted by Gasteiger charge is -2.17. The zero-order chi connectivity index (χ0) is 18.0. The first kappa shape index (κ1) is 17.2. The Labute approximate surface area is 149 Å². The number of Topliss-reactive ketones (excluding diaryl/α,β-unsaturated/α-hetero) is 1. The van der Waals surface area contributed by atoms with Gasteiger partial charge >= 0.3 is 0 Å². The van der Waals surface area contributed by atoms with E-state index in [1.54, 1.807) is 0 Å². The molecule has 1 N–H and O–H groups in total. The number of nitrogens with zero attached hydrogens (tertiary/aromatic N) is 2. The number of aromatic nitrogens is 1. The first-order valence-electron chi connectivity index (χ1n) is 8.51. The normalized spacial score (nSPS) is 11.2. The van der Waals surface area contributed by atoms with Crippen molar-refractivity contribution in [3.63, 3.8) is 0 Å². The molecule has 2 aromatic carbocycles. The summed E-state index contributed by atoms with van der Waals surface area (Å²) in [5.41, 5.74) is 5.15. The Kier molecular flexibility index (Phi) is 4.91. The van der Waals surface area contributed by atoms with Crippen molar-refractivity contribution in [3.8, 4) is 0 Å². The van der Waals surface area contributed by atoms with E-state index in [0.717, 1.165) is 28.7 Å². The van der Waals surface area contributed by atoms with Crippen LogP contribution in [0.5, 0.6) is 0 Å².